The maximum atomic E-state index is 5.28. The molecule has 0 unspecified atom stereocenters. The first-order chi connectivity index (χ1) is 6.92. The summed E-state index contributed by atoms with van der Waals surface area (Å²) in [6.07, 6.45) is 0. The zero-order chi connectivity index (χ0) is 11.5. The van der Waals surface area contributed by atoms with Crippen LogP contribution in [0.2, 0.25) is 0 Å². The summed E-state index contributed by atoms with van der Waals surface area (Å²) >= 11 is 5.04. The molecule has 0 saturated carbocycles. The molecule has 4 heteroatoms. The molecule has 0 atom stereocenters. The maximum absolute atomic E-state index is 5.28. The van der Waals surface area contributed by atoms with Crippen LogP contribution in [0.15, 0.2) is 27.6 Å². The molecule has 0 aliphatic rings. The predicted molar refractivity (Wildman–Crippen MR) is 69.4 cm³/mol. The van der Waals surface area contributed by atoms with Gasteiger partial charge in [-0.05, 0) is 50.9 Å². The molecule has 0 aromatic heterocycles. The van der Waals surface area contributed by atoms with Gasteiger partial charge in [-0.25, -0.2) is 0 Å². The molecule has 0 aliphatic heterocycles. The van der Waals surface area contributed by atoms with Gasteiger partial charge in [0.25, 0.3) is 0 Å². The number of nitrogens with one attached hydrogen (secondary N) is 1. The van der Waals surface area contributed by atoms with Gasteiger partial charge in [0.15, 0.2) is 0 Å². The molecule has 1 N–H and O–H groups in total. The van der Waals surface area contributed by atoms with Gasteiger partial charge in [-0.2, -0.15) is 0 Å². The Bertz CT molecular complexity index is 336. The van der Waals surface area contributed by atoms with Crippen LogP contribution < -0.4 is 9.46 Å². The molecule has 1 aromatic carbocycles. The Kier molecular flexibility index (Phi) is 4.49. The largest absolute Gasteiger partial charge is 0.496 e. The first-order valence-electron chi connectivity index (χ1n) is 4.70. The molecule has 0 bridgehead atoms. The zero-order valence-electron chi connectivity index (χ0n) is 9.43. The molecular weight excluding hydrogens is 274 g/mol. The lowest BCUT2D eigenvalue weighted by Crippen LogP contribution is -2.29. The maximum Gasteiger partial charge on any atom is 0.133 e. The monoisotopic (exact) mass is 289 g/mol. The van der Waals surface area contributed by atoms with Crippen molar-refractivity contribution in [2.75, 3.05) is 7.11 Å². The molecule has 0 heterocycles. The quantitative estimate of drug-likeness (QED) is 0.854. The van der Waals surface area contributed by atoms with Crippen LogP contribution in [-0.4, -0.2) is 12.6 Å². The van der Waals surface area contributed by atoms with E-state index in [2.05, 4.69) is 41.4 Å². The Morgan fingerprint density at radius 3 is 2.53 bits per heavy atom. The molecule has 0 aliphatic carbocycles. The van der Waals surface area contributed by atoms with Crippen LogP contribution in [0, 0.1) is 0 Å². The van der Waals surface area contributed by atoms with Crippen molar-refractivity contribution in [3.05, 3.63) is 22.7 Å². The van der Waals surface area contributed by atoms with Crippen LogP contribution in [0.4, 0.5) is 0 Å². The third-order valence-electron chi connectivity index (χ3n) is 1.59. The highest BCUT2D eigenvalue weighted by Gasteiger charge is 2.11. The summed E-state index contributed by atoms with van der Waals surface area (Å²) in [5.41, 5.74) is 0.0813. The number of rotatable bonds is 3. The Hall–Kier alpha value is -0.190. The molecule has 1 rings (SSSR count). The molecule has 0 amide bonds. The highest BCUT2D eigenvalue weighted by molar-refractivity contribution is 9.10. The standard InChI is InChI=1S/C11H16BrNOS/c1-11(2,3)13-15-10-7-8(12)5-6-9(10)14-4/h5-7,13H,1-4H3. The van der Waals surface area contributed by atoms with Gasteiger partial charge in [0.1, 0.15) is 5.75 Å². The molecule has 0 fully saturated rings. The van der Waals surface area contributed by atoms with Crippen molar-refractivity contribution < 1.29 is 4.74 Å². The Balaban J connectivity index is 2.79. The molecule has 84 valence electrons. The molecular formula is C11H16BrNOS. The molecule has 2 nitrogen and oxygen atoms in total. The van der Waals surface area contributed by atoms with E-state index in [0.29, 0.717) is 0 Å². The van der Waals surface area contributed by atoms with Crippen LogP contribution >= 0.6 is 27.9 Å². The van der Waals surface area contributed by atoms with E-state index in [1.54, 1.807) is 19.1 Å². The second-order valence-corrected chi connectivity index (χ2v) is 6.01. The summed E-state index contributed by atoms with van der Waals surface area (Å²) in [6, 6.07) is 5.97. The average molecular weight is 290 g/mol. The van der Waals surface area contributed by atoms with Crippen LogP contribution in [0.3, 0.4) is 0 Å². The van der Waals surface area contributed by atoms with E-state index >= 15 is 0 Å². The smallest absolute Gasteiger partial charge is 0.133 e. The highest BCUT2D eigenvalue weighted by Crippen LogP contribution is 2.31. The lowest BCUT2D eigenvalue weighted by Gasteiger charge is -2.20. The number of methoxy groups -OCH3 is 1. The summed E-state index contributed by atoms with van der Waals surface area (Å²) in [6.45, 7) is 6.39. The SMILES string of the molecule is COc1ccc(Br)cc1SNC(C)(C)C. The summed E-state index contributed by atoms with van der Waals surface area (Å²) in [5, 5.41) is 0. The topological polar surface area (TPSA) is 21.3 Å². The highest BCUT2D eigenvalue weighted by atomic mass is 79.9. The molecule has 0 saturated heterocycles. The van der Waals surface area contributed by atoms with Crippen molar-refractivity contribution in [2.45, 2.75) is 31.2 Å². The van der Waals surface area contributed by atoms with Gasteiger partial charge in [0.2, 0.25) is 0 Å². The van der Waals surface area contributed by atoms with Crippen molar-refractivity contribution in [2.24, 2.45) is 0 Å². The number of ether oxygens (including phenoxy) is 1. The number of hydrogen-bond donors (Lipinski definition) is 1. The van der Waals surface area contributed by atoms with E-state index in [0.717, 1.165) is 15.1 Å². The summed E-state index contributed by atoms with van der Waals surface area (Å²) in [5.74, 6) is 0.889. The Labute approximate surface area is 104 Å². The van der Waals surface area contributed by atoms with Gasteiger partial charge in [0, 0.05) is 10.0 Å². The first-order valence-corrected chi connectivity index (χ1v) is 6.31. The van der Waals surface area contributed by atoms with Crippen molar-refractivity contribution in [3.8, 4) is 5.75 Å². The van der Waals surface area contributed by atoms with E-state index in [9.17, 15) is 0 Å². The average Bonchev–Trinajstić information content (AvgIpc) is 2.14. The van der Waals surface area contributed by atoms with Gasteiger partial charge in [-0.1, -0.05) is 15.9 Å². The lowest BCUT2D eigenvalue weighted by atomic mass is 10.1. The number of benzene rings is 1. The molecule has 0 radical (unpaired) electrons. The van der Waals surface area contributed by atoms with Gasteiger partial charge >= 0.3 is 0 Å². The lowest BCUT2D eigenvalue weighted by molar-refractivity contribution is 0.404. The van der Waals surface area contributed by atoms with Crippen molar-refractivity contribution >= 4 is 27.9 Å². The van der Waals surface area contributed by atoms with Gasteiger partial charge in [-0.3, -0.25) is 4.72 Å². The van der Waals surface area contributed by atoms with E-state index in [1.807, 2.05) is 18.2 Å². The minimum absolute atomic E-state index is 0.0813. The normalized spacial score (nSPS) is 11.5. The minimum Gasteiger partial charge on any atom is -0.496 e. The first kappa shape index (κ1) is 12.9. The van der Waals surface area contributed by atoms with Crippen molar-refractivity contribution in [1.82, 2.24) is 4.72 Å². The van der Waals surface area contributed by atoms with Gasteiger partial charge < -0.3 is 4.74 Å². The minimum atomic E-state index is 0.0813. The molecule has 15 heavy (non-hydrogen) atoms. The van der Waals surface area contributed by atoms with E-state index < -0.39 is 0 Å². The van der Waals surface area contributed by atoms with Crippen LogP contribution in [0.1, 0.15) is 20.8 Å². The Morgan fingerprint density at radius 1 is 1.33 bits per heavy atom. The van der Waals surface area contributed by atoms with Crippen molar-refractivity contribution in [3.63, 3.8) is 0 Å². The van der Waals surface area contributed by atoms with Gasteiger partial charge in [-0.15, -0.1) is 0 Å². The number of halogens is 1. The molecule has 0 spiro atoms. The third-order valence-corrected chi connectivity index (χ3v) is 3.34. The summed E-state index contributed by atoms with van der Waals surface area (Å²) < 4.78 is 9.70. The van der Waals surface area contributed by atoms with Crippen LogP contribution in [0.25, 0.3) is 0 Å². The molecule has 1 aromatic rings. The fourth-order valence-electron chi connectivity index (χ4n) is 0.938. The fraction of sp³-hybridized carbons (Fsp3) is 0.455. The summed E-state index contributed by atoms with van der Waals surface area (Å²) in [4.78, 5) is 1.09. The van der Waals surface area contributed by atoms with E-state index in [1.165, 1.54) is 0 Å². The zero-order valence-corrected chi connectivity index (χ0v) is 11.8. The van der Waals surface area contributed by atoms with E-state index in [4.69, 9.17) is 4.74 Å². The Morgan fingerprint density at radius 2 is 2.00 bits per heavy atom. The predicted octanol–water partition coefficient (Wildman–Crippen LogP) is 3.85. The number of hydrogen-bond acceptors (Lipinski definition) is 3. The van der Waals surface area contributed by atoms with E-state index in [-0.39, 0.29) is 5.54 Å². The van der Waals surface area contributed by atoms with Gasteiger partial charge in [0.05, 0.1) is 12.0 Å². The van der Waals surface area contributed by atoms with Crippen LogP contribution in [0.5, 0.6) is 5.75 Å². The fourth-order valence-corrected chi connectivity index (χ4v) is 2.30. The second-order valence-electron chi connectivity index (χ2n) is 4.25. The van der Waals surface area contributed by atoms with Crippen LogP contribution in [-0.2, 0) is 0 Å². The second kappa shape index (κ2) is 5.23. The van der Waals surface area contributed by atoms with Crippen molar-refractivity contribution in [1.29, 1.82) is 0 Å². The summed E-state index contributed by atoms with van der Waals surface area (Å²) in [7, 11) is 1.68. The third kappa shape index (κ3) is 4.45.